The van der Waals surface area contributed by atoms with Crippen LogP contribution in [0.5, 0.6) is 0 Å². The fourth-order valence-corrected chi connectivity index (χ4v) is 3.85. The van der Waals surface area contributed by atoms with Crippen molar-refractivity contribution >= 4 is 23.6 Å². The molecular formula is C13H20NO3PS. The normalized spacial score (nSPS) is 14.8. The Hall–Kier alpha value is -0.870. The van der Waals surface area contributed by atoms with Crippen LogP contribution in [0.1, 0.15) is 20.8 Å². The van der Waals surface area contributed by atoms with Crippen LogP contribution in [0.15, 0.2) is 42.3 Å². The molecule has 0 bridgehead atoms. The van der Waals surface area contributed by atoms with E-state index < -0.39 is 6.49 Å². The molecule has 0 fully saturated rings. The van der Waals surface area contributed by atoms with Gasteiger partial charge in [-0.1, -0.05) is 18.2 Å². The van der Waals surface area contributed by atoms with Crippen LogP contribution in [0, 0.1) is 0 Å². The summed E-state index contributed by atoms with van der Waals surface area (Å²) in [5.41, 5.74) is 2.72. The van der Waals surface area contributed by atoms with E-state index in [1.54, 1.807) is 6.08 Å². The van der Waals surface area contributed by atoms with E-state index >= 15 is 0 Å². The molecule has 0 heterocycles. The number of hydroxylamine groups is 1. The fourth-order valence-electron chi connectivity index (χ4n) is 1.34. The molecule has 0 aromatic heterocycles. The van der Waals surface area contributed by atoms with Crippen molar-refractivity contribution in [1.29, 1.82) is 0 Å². The van der Waals surface area contributed by atoms with E-state index in [0.717, 1.165) is 5.30 Å². The molecule has 106 valence electrons. The van der Waals surface area contributed by atoms with Gasteiger partial charge < -0.3 is 9.05 Å². The minimum atomic E-state index is -2.56. The predicted molar refractivity (Wildman–Crippen MR) is 81.6 cm³/mol. The minimum Gasteiger partial charge on any atom is -0.422 e. The van der Waals surface area contributed by atoms with Crippen LogP contribution in [-0.2, 0) is 25.7 Å². The van der Waals surface area contributed by atoms with E-state index in [2.05, 4.69) is 5.48 Å². The Morgan fingerprint density at radius 1 is 1.26 bits per heavy atom. The van der Waals surface area contributed by atoms with Gasteiger partial charge in [0.1, 0.15) is 0 Å². The molecule has 1 atom stereocenters. The highest BCUT2D eigenvalue weighted by Gasteiger charge is 2.23. The molecule has 0 aliphatic carbocycles. The highest BCUT2D eigenvalue weighted by atomic mass is 32.5. The lowest BCUT2D eigenvalue weighted by Crippen LogP contribution is -2.18. The SMILES string of the molecule is CC=C(NOCC)OP(=S)(OCC)c1ccccc1. The summed E-state index contributed by atoms with van der Waals surface area (Å²) in [5, 5.41) is 0.879. The van der Waals surface area contributed by atoms with Crippen molar-refractivity contribution in [1.82, 2.24) is 5.48 Å². The highest BCUT2D eigenvalue weighted by Crippen LogP contribution is 2.48. The molecule has 1 aromatic carbocycles. The second-order valence-corrected chi connectivity index (χ2v) is 6.92. The van der Waals surface area contributed by atoms with Crippen LogP contribution in [0.3, 0.4) is 0 Å². The van der Waals surface area contributed by atoms with E-state index in [1.165, 1.54) is 0 Å². The molecule has 0 radical (unpaired) electrons. The third-order valence-electron chi connectivity index (χ3n) is 2.17. The van der Waals surface area contributed by atoms with E-state index in [4.69, 9.17) is 25.7 Å². The van der Waals surface area contributed by atoms with Crippen molar-refractivity contribution in [2.75, 3.05) is 13.2 Å². The summed E-state index contributed by atoms with van der Waals surface area (Å²) in [4.78, 5) is 5.12. The van der Waals surface area contributed by atoms with Crippen LogP contribution in [-0.4, -0.2) is 13.2 Å². The zero-order chi connectivity index (χ0) is 14.1. The number of rotatable bonds is 8. The van der Waals surface area contributed by atoms with Crippen molar-refractivity contribution in [3.63, 3.8) is 0 Å². The zero-order valence-corrected chi connectivity index (χ0v) is 13.2. The van der Waals surface area contributed by atoms with Crippen molar-refractivity contribution in [2.45, 2.75) is 20.8 Å². The Morgan fingerprint density at radius 2 is 1.95 bits per heavy atom. The van der Waals surface area contributed by atoms with Gasteiger partial charge in [-0.15, -0.1) is 0 Å². The molecule has 0 saturated carbocycles. The first-order valence-electron chi connectivity index (χ1n) is 6.20. The first-order valence-corrected chi connectivity index (χ1v) is 8.84. The lowest BCUT2D eigenvalue weighted by atomic mass is 10.4. The van der Waals surface area contributed by atoms with Gasteiger partial charge in [0, 0.05) is 5.30 Å². The maximum absolute atomic E-state index is 5.84. The fraction of sp³-hybridized carbons (Fsp3) is 0.385. The average molecular weight is 301 g/mol. The standard InChI is InChI=1S/C13H20NO3PS/c1-4-13(14-15-5-2)17-18(19,16-6-3)12-10-8-7-9-11-12/h4,7-11,14H,5-6H2,1-3H3. The summed E-state index contributed by atoms with van der Waals surface area (Å²) < 4.78 is 11.5. The van der Waals surface area contributed by atoms with Crippen molar-refractivity contribution < 1.29 is 13.9 Å². The summed E-state index contributed by atoms with van der Waals surface area (Å²) in [5.74, 6) is 0.475. The molecular weight excluding hydrogens is 281 g/mol. The molecule has 1 N–H and O–H groups in total. The number of hydrogen-bond acceptors (Lipinski definition) is 5. The Balaban J connectivity index is 2.91. The van der Waals surface area contributed by atoms with E-state index in [9.17, 15) is 0 Å². The summed E-state index contributed by atoms with van der Waals surface area (Å²) in [6.07, 6.45) is 1.76. The Morgan fingerprint density at radius 3 is 2.47 bits per heavy atom. The number of allylic oxidation sites excluding steroid dienone is 1. The molecule has 0 saturated heterocycles. The number of nitrogens with one attached hydrogen (secondary N) is 1. The van der Waals surface area contributed by atoms with Gasteiger partial charge in [0.25, 0.3) is 6.49 Å². The molecule has 0 amide bonds. The van der Waals surface area contributed by atoms with Crippen LogP contribution in [0.2, 0.25) is 0 Å². The first-order chi connectivity index (χ1) is 9.16. The number of hydrogen-bond donors (Lipinski definition) is 1. The van der Waals surface area contributed by atoms with Gasteiger partial charge in [-0.3, -0.25) is 4.84 Å². The molecule has 1 rings (SSSR count). The van der Waals surface area contributed by atoms with Crippen molar-refractivity contribution in [3.05, 3.63) is 42.3 Å². The molecule has 4 nitrogen and oxygen atoms in total. The third-order valence-corrected chi connectivity index (χ3v) is 5.31. The largest absolute Gasteiger partial charge is 0.422 e. The topological polar surface area (TPSA) is 39.7 Å². The quantitative estimate of drug-likeness (QED) is 0.454. The summed E-state index contributed by atoms with van der Waals surface area (Å²) in [7, 11) is 0. The van der Waals surface area contributed by atoms with Crippen molar-refractivity contribution in [3.8, 4) is 0 Å². The highest BCUT2D eigenvalue weighted by molar-refractivity contribution is 8.13. The smallest absolute Gasteiger partial charge is 0.270 e. The Labute approximate surface area is 119 Å². The van der Waals surface area contributed by atoms with E-state index in [-0.39, 0.29) is 0 Å². The van der Waals surface area contributed by atoms with Gasteiger partial charge in [-0.05, 0) is 50.8 Å². The number of benzene rings is 1. The molecule has 0 aliphatic heterocycles. The van der Waals surface area contributed by atoms with Gasteiger partial charge >= 0.3 is 0 Å². The first kappa shape index (κ1) is 16.2. The molecule has 0 spiro atoms. The maximum atomic E-state index is 5.84. The van der Waals surface area contributed by atoms with Crippen LogP contribution in [0.25, 0.3) is 0 Å². The minimum absolute atomic E-state index is 0.475. The predicted octanol–water partition coefficient (Wildman–Crippen LogP) is 3.08. The van der Waals surface area contributed by atoms with E-state index in [0.29, 0.717) is 19.1 Å². The zero-order valence-electron chi connectivity index (χ0n) is 11.5. The van der Waals surface area contributed by atoms with Gasteiger partial charge in [-0.2, -0.15) is 0 Å². The summed E-state index contributed by atoms with van der Waals surface area (Å²) >= 11 is 5.59. The second kappa shape index (κ2) is 8.33. The van der Waals surface area contributed by atoms with E-state index in [1.807, 2.05) is 51.1 Å². The van der Waals surface area contributed by atoms with Gasteiger partial charge in [0.05, 0.1) is 13.2 Å². The lowest BCUT2D eigenvalue weighted by Gasteiger charge is -2.24. The Kier molecular flexibility index (Phi) is 7.10. The molecule has 19 heavy (non-hydrogen) atoms. The van der Waals surface area contributed by atoms with Gasteiger partial charge in [0.15, 0.2) is 0 Å². The van der Waals surface area contributed by atoms with Gasteiger partial charge in [0.2, 0.25) is 5.88 Å². The molecule has 0 aliphatic rings. The summed E-state index contributed by atoms with van der Waals surface area (Å²) in [6.45, 7) is 4.10. The average Bonchev–Trinajstić information content (AvgIpc) is 2.44. The molecule has 1 unspecified atom stereocenters. The lowest BCUT2D eigenvalue weighted by molar-refractivity contribution is 0.0459. The second-order valence-electron chi connectivity index (χ2n) is 3.53. The summed E-state index contributed by atoms with van der Waals surface area (Å²) in [6, 6.07) is 9.62. The third kappa shape index (κ3) is 4.96. The van der Waals surface area contributed by atoms with Crippen LogP contribution in [0.4, 0.5) is 0 Å². The molecule has 1 aromatic rings. The monoisotopic (exact) mass is 301 g/mol. The molecule has 6 heteroatoms. The van der Waals surface area contributed by atoms with Gasteiger partial charge in [-0.25, -0.2) is 5.48 Å². The van der Waals surface area contributed by atoms with Crippen molar-refractivity contribution in [2.24, 2.45) is 0 Å². The van der Waals surface area contributed by atoms with Crippen LogP contribution >= 0.6 is 6.49 Å². The maximum Gasteiger partial charge on any atom is 0.270 e. The van der Waals surface area contributed by atoms with Crippen LogP contribution < -0.4 is 10.8 Å². The Bertz CT molecular complexity index is 450.